The van der Waals surface area contributed by atoms with E-state index < -0.39 is 28.0 Å². The van der Waals surface area contributed by atoms with Crippen LogP contribution < -0.4 is 19.1 Å². The number of rotatable bonds is 5. The lowest BCUT2D eigenvalue weighted by Crippen LogP contribution is -2.39. The summed E-state index contributed by atoms with van der Waals surface area (Å²) in [6.07, 6.45) is 1.59. The molecule has 194 valence electrons. The summed E-state index contributed by atoms with van der Waals surface area (Å²) in [6.45, 7) is 2.97. The number of nitrogens with zero attached hydrogens (tertiary/aromatic N) is 4. The van der Waals surface area contributed by atoms with E-state index in [0.29, 0.717) is 24.8 Å². The molecule has 3 aliphatic heterocycles. The van der Waals surface area contributed by atoms with Crippen molar-refractivity contribution in [3.63, 3.8) is 0 Å². The lowest BCUT2D eigenvalue weighted by Gasteiger charge is -2.31. The van der Waals surface area contributed by atoms with E-state index in [2.05, 4.69) is 9.97 Å². The molecule has 5 rings (SSSR count). The minimum absolute atomic E-state index is 0.00289. The number of ether oxygens (including phenoxy) is 3. The molecule has 2 unspecified atom stereocenters. The van der Waals surface area contributed by atoms with Crippen molar-refractivity contribution in [1.29, 1.82) is 0 Å². The molecule has 0 saturated carbocycles. The van der Waals surface area contributed by atoms with Crippen LogP contribution in [0.2, 0.25) is 0 Å². The summed E-state index contributed by atoms with van der Waals surface area (Å²) in [7, 11) is -1.50. The van der Waals surface area contributed by atoms with Crippen LogP contribution in [0.15, 0.2) is 24.5 Å². The summed E-state index contributed by atoms with van der Waals surface area (Å²) in [5.74, 6) is 0.749. The molecule has 3 aliphatic rings. The Labute approximate surface area is 209 Å². The third-order valence-corrected chi connectivity index (χ3v) is 8.61. The van der Waals surface area contributed by atoms with Gasteiger partial charge in [0, 0.05) is 17.5 Å². The second kappa shape index (κ2) is 9.72. The van der Waals surface area contributed by atoms with Crippen LogP contribution in [0.25, 0.3) is 0 Å². The summed E-state index contributed by atoms with van der Waals surface area (Å²) in [5, 5.41) is 0. The van der Waals surface area contributed by atoms with E-state index >= 15 is 0 Å². The first-order chi connectivity index (χ1) is 17.2. The van der Waals surface area contributed by atoms with Crippen molar-refractivity contribution >= 4 is 27.1 Å². The number of fused-ring (bicyclic) bond motifs is 1. The normalized spacial score (nSPS) is 23.6. The maximum Gasteiger partial charge on any atom is 0.225 e. The number of hydrogen-bond donors (Lipinski definition) is 0. The summed E-state index contributed by atoms with van der Waals surface area (Å²) < 4.78 is 55.1. The average Bonchev–Trinajstić information content (AvgIpc) is 3.23. The van der Waals surface area contributed by atoms with Gasteiger partial charge in [-0.1, -0.05) is 0 Å². The van der Waals surface area contributed by atoms with E-state index in [-0.39, 0.29) is 49.2 Å². The fourth-order valence-corrected chi connectivity index (χ4v) is 6.41. The number of methoxy groups -OCH3 is 1. The Kier molecular flexibility index (Phi) is 6.62. The highest BCUT2D eigenvalue weighted by Crippen LogP contribution is 2.39. The van der Waals surface area contributed by atoms with Gasteiger partial charge in [-0.15, -0.1) is 0 Å². The Morgan fingerprint density at radius 2 is 1.94 bits per heavy atom. The molecule has 2 saturated heterocycles. The van der Waals surface area contributed by atoms with Crippen LogP contribution in [0.1, 0.15) is 18.4 Å². The number of anilines is 2. The molecule has 10 nitrogen and oxygen atoms in total. The van der Waals surface area contributed by atoms with Gasteiger partial charge in [-0.3, -0.25) is 4.79 Å². The van der Waals surface area contributed by atoms with Crippen molar-refractivity contribution in [2.24, 2.45) is 5.92 Å². The molecule has 2 fully saturated rings. The molecular formula is C24H29FN4O6S. The molecule has 0 aromatic carbocycles. The van der Waals surface area contributed by atoms with E-state index in [4.69, 9.17) is 14.2 Å². The van der Waals surface area contributed by atoms with Gasteiger partial charge in [0.25, 0.3) is 0 Å². The molecule has 0 N–H and O–H groups in total. The first-order valence-corrected chi connectivity index (χ1v) is 13.8. The highest BCUT2D eigenvalue weighted by Gasteiger charge is 2.41. The largest absolute Gasteiger partial charge is 0.488 e. The van der Waals surface area contributed by atoms with Crippen molar-refractivity contribution in [3.8, 4) is 17.5 Å². The first-order valence-electron chi connectivity index (χ1n) is 11.9. The summed E-state index contributed by atoms with van der Waals surface area (Å²) in [4.78, 5) is 25.0. The maximum atomic E-state index is 14.9. The molecule has 2 atom stereocenters. The standard InChI is InChI=1S/C24H29FN4O6S/c1-15-9-17(11-27-23(15)33-2)29-5-6-34-20-12-26-22(10-19(20)29)35-21-14-28(13-18(21)25)24(30)16-3-7-36(31,32)8-4-16/h9-12,16,18,21H,3-8,13-14H2,1-2H3. The fraction of sp³-hybridized carbons (Fsp3) is 0.542. The third kappa shape index (κ3) is 4.91. The molecule has 36 heavy (non-hydrogen) atoms. The number of alkyl halides is 1. The van der Waals surface area contributed by atoms with Gasteiger partial charge in [0.15, 0.2) is 18.0 Å². The quantitative estimate of drug-likeness (QED) is 0.585. The number of carbonyl (C=O) groups excluding carboxylic acids is 1. The highest BCUT2D eigenvalue weighted by atomic mass is 32.2. The number of amides is 1. The van der Waals surface area contributed by atoms with Crippen LogP contribution in [-0.4, -0.2) is 86.3 Å². The van der Waals surface area contributed by atoms with Crippen LogP contribution in [0.3, 0.4) is 0 Å². The molecule has 0 spiro atoms. The number of aryl methyl sites for hydroxylation is 1. The summed E-state index contributed by atoms with van der Waals surface area (Å²) in [5.41, 5.74) is 2.47. The SMILES string of the molecule is COc1ncc(N2CCOc3cnc(OC4CN(C(=O)C5CCS(=O)(=O)CC5)CC4F)cc32)cc1C. The first kappa shape index (κ1) is 24.5. The lowest BCUT2D eigenvalue weighted by molar-refractivity contribution is -0.135. The van der Waals surface area contributed by atoms with Crippen LogP contribution in [0, 0.1) is 12.8 Å². The smallest absolute Gasteiger partial charge is 0.225 e. The Bertz CT molecular complexity index is 1250. The molecule has 0 radical (unpaired) electrons. The molecule has 0 aliphatic carbocycles. The van der Waals surface area contributed by atoms with Gasteiger partial charge in [-0.2, -0.15) is 0 Å². The molecule has 5 heterocycles. The molecule has 2 aromatic heterocycles. The summed E-state index contributed by atoms with van der Waals surface area (Å²) in [6, 6.07) is 3.67. The molecule has 1 amide bonds. The Morgan fingerprint density at radius 1 is 1.17 bits per heavy atom. The van der Waals surface area contributed by atoms with Crippen molar-refractivity contribution in [2.75, 3.05) is 49.8 Å². The second-order valence-corrected chi connectivity index (χ2v) is 11.7. The average molecular weight is 521 g/mol. The van der Waals surface area contributed by atoms with E-state index in [9.17, 15) is 17.6 Å². The zero-order valence-electron chi connectivity index (χ0n) is 20.2. The van der Waals surface area contributed by atoms with Gasteiger partial charge in [-0.25, -0.2) is 22.8 Å². The van der Waals surface area contributed by atoms with Crippen LogP contribution >= 0.6 is 0 Å². The number of carbonyl (C=O) groups is 1. The van der Waals surface area contributed by atoms with Crippen LogP contribution in [0.5, 0.6) is 17.5 Å². The number of aromatic nitrogens is 2. The van der Waals surface area contributed by atoms with Crippen molar-refractivity contribution < 1.29 is 31.8 Å². The summed E-state index contributed by atoms with van der Waals surface area (Å²) >= 11 is 0. The minimum atomic E-state index is -3.08. The van der Waals surface area contributed by atoms with E-state index in [1.807, 2.05) is 17.9 Å². The van der Waals surface area contributed by atoms with Gasteiger partial charge in [-0.05, 0) is 25.8 Å². The van der Waals surface area contributed by atoms with Gasteiger partial charge in [0.05, 0.1) is 62.0 Å². The zero-order valence-corrected chi connectivity index (χ0v) is 21.0. The van der Waals surface area contributed by atoms with Crippen LogP contribution in [-0.2, 0) is 14.6 Å². The Hall–Kier alpha value is -3.15. The molecule has 0 bridgehead atoms. The number of halogens is 1. The Balaban J connectivity index is 1.29. The third-order valence-electron chi connectivity index (χ3n) is 6.89. The predicted molar refractivity (Wildman–Crippen MR) is 130 cm³/mol. The lowest BCUT2D eigenvalue weighted by atomic mass is 10.0. The fourth-order valence-electron chi connectivity index (χ4n) is 4.92. The monoisotopic (exact) mass is 520 g/mol. The van der Waals surface area contributed by atoms with Gasteiger partial charge < -0.3 is 24.0 Å². The maximum absolute atomic E-state index is 14.9. The van der Waals surface area contributed by atoms with E-state index in [1.165, 1.54) is 4.90 Å². The van der Waals surface area contributed by atoms with Gasteiger partial charge in [0.1, 0.15) is 16.4 Å². The second-order valence-electron chi connectivity index (χ2n) is 9.35. The topological polar surface area (TPSA) is 111 Å². The Morgan fingerprint density at radius 3 is 2.67 bits per heavy atom. The highest BCUT2D eigenvalue weighted by molar-refractivity contribution is 7.91. The predicted octanol–water partition coefficient (Wildman–Crippen LogP) is 2.08. The molecular weight excluding hydrogens is 491 g/mol. The molecule has 12 heteroatoms. The van der Waals surface area contributed by atoms with E-state index in [1.54, 1.807) is 25.6 Å². The number of sulfone groups is 1. The van der Waals surface area contributed by atoms with Crippen LogP contribution in [0.4, 0.5) is 15.8 Å². The number of pyridine rings is 2. The van der Waals surface area contributed by atoms with Crippen molar-refractivity contribution in [3.05, 3.63) is 30.1 Å². The van der Waals surface area contributed by atoms with E-state index in [0.717, 1.165) is 16.9 Å². The minimum Gasteiger partial charge on any atom is -0.488 e. The van der Waals surface area contributed by atoms with Gasteiger partial charge >= 0.3 is 0 Å². The van der Waals surface area contributed by atoms with Gasteiger partial charge in [0.2, 0.25) is 17.7 Å². The van der Waals surface area contributed by atoms with Crippen molar-refractivity contribution in [2.45, 2.75) is 32.0 Å². The molecule has 2 aromatic rings. The number of likely N-dealkylation sites (tertiary alicyclic amines) is 1. The number of hydrogen-bond acceptors (Lipinski definition) is 9. The zero-order chi connectivity index (χ0) is 25.4. The van der Waals surface area contributed by atoms with Crippen molar-refractivity contribution in [1.82, 2.24) is 14.9 Å².